The van der Waals surface area contributed by atoms with Gasteiger partial charge in [-0.1, -0.05) is 0 Å². The first kappa shape index (κ1) is 13.5. The molecule has 94 valence electrons. The fraction of sp³-hybridized carbons (Fsp3) is 0.300. The molecule has 0 fully saturated rings. The topological polar surface area (TPSA) is 109 Å². The summed E-state index contributed by atoms with van der Waals surface area (Å²) in [5.74, 6) is -0.948. The summed E-state index contributed by atoms with van der Waals surface area (Å²) < 4.78 is 25.7. The molecule has 0 aliphatic heterocycles. The number of aliphatic carboxylic acids is 1. The molecule has 1 rings (SSSR count). The zero-order valence-corrected chi connectivity index (χ0v) is 9.90. The Kier molecular flexibility index (Phi) is 4.47. The van der Waals surface area contributed by atoms with Crippen molar-refractivity contribution in [2.45, 2.75) is 17.7 Å². The fourth-order valence-corrected chi connectivity index (χ4v) is 2.25. The average Bonchev–Trinajstić information content (AvgIpc) is 2.25. The van der Waals surface area contributed by atoms with Crippen LogP contribution in [0, 0.1) is 0 Å². The first-order valence-electron chi connectivity index (χ1n) is 4.99. The number of carboxylic acid groups (broad SMARTS) is 1. The van der Waals surface area contributed by atoms with Crippen molar-refractivity contribution in [1.82, 2.24) is 4.72 Å². The molecular formula is C10H14N2O4S. The van der Waals surface area contributed by atoms with Gasteiger partial charge in [-0.3, -0.25) is 4.79 Å². The van der Waals surface area contributed by atoms with E-state index >= 15 is 0 Å². The normalized spacial score (nSPS) is 11.3. The van der Waals surface area contributed by atoms with Crippen molar-refractivity contribution in [3.63, 3.8) is 0 Å². The second kappa shape index (κ2) is 5.65. The van der Waals surface area contributed by atoms with Gasteiger partial charge < -0.3 is 10.8 Å². The molecule has 6 nitrogen and oxygen atoms in total. The number of rotatable bonds is 6. The average molecular weight is 258 g/mol. The quantitative estimate of drug-likeness (QED) is 0.506. The number of nitrogens with two attached hydrogens (primary N) is 1. The Hall–Kier alpha value is -1.60. The van der Waals surface area contributed by atoms with Crippen LogP contribution in [-0.2, 0) is 14.8 Å². The van der Waals surface area contributed by atoms with Crippen LogP contribution in [-0.4, -0.2) is 26.0 Å². The highest BCUT2D eigenvalue weighted by Crippen LogP contribution is 2.11. The second-order valence-corrected chi connectivity index (χ2v) is 5.23. The van der Waals surface area contributed by atoms with E-state index < -0.39 is 16.0 Å². The monoisotopic (exact) mass is 258 g/mol. The fourth-order valence-electron chi connectivity index (χ4n) is 1.18. The Morgan fingerprint density at radius 1 is 1.29 bits per heavy atom. The minimum absolute atomic E-state index is 0.0652. The van der Waals surface area contributed by atoms with Crippen LogP contribution in [0.5, 0.6) is 0 Å². The largest absolute Gasteiger partial charge is 0.481 e. The smallest absolute Gasteiger partial charge is 0.303 e. The van der Waals surface area contributed by atoms with E-state index in [9.17, 15) is 13.2 Å². The molecular weight excluding hydrogens is 244 g/mol. The van der Waals surface area contributed by atoms with Gasteiger partial charge in [-0.2, -0.15) is 0 Å². The third-order valence-electron chi connectivity index (χ3n) is 2.05. The lowest BCUT2D eigenvalue weighted by Crippen LogP contribution is -2.25. The van der Waals surface area contributed by atoms with Crippen LogP contribution in [0.3, 0.4) is 0 Å². The van der Waals surface area contributed by atoms with E-state index in [-0.39, 0.29) is 24.3 Å². The summed E-state index contributed by atoms with van der Waals surface area (Å²) in [5.41, 5.74) is 5.93. The predicted molar refractivity (Wildman–Crippen MR) is 62.9 cm³/mol. The van der Waals surface area contributed by atoms with E-state index in [1.807, 2.05) is 0 Å². The van der Waals surface area contributed by atoms with Crippen LogP contribution in [0.25, 0.3) is 0 Å². The lowest BCUT2D eigenvalue weighted by molar-refractivity contribution is -0.137. The Balaban J connectivity index is 2.57. The first-order valence-corrected chi connectivity index (χ1v) is 6.47. The van der Waals surface area contributed by atoms with Crippen LogP contribution in [0.4, 0.5) is 5.69 Å². The van der Waals surface area contributed by atoms with Gasteiger partial charge in [0.2, 0.25) is 10.0 Å². The molecule has 0 unspecified atom stereocenters. The summed E-state index contributed by atoms with van der Waals surface area (Å²) in [6.07, 6.45) is 0.188. The molecule has 1 aromatic carbocycles. The summed E-state index contributed by atoms with van der Waals surface area (Å²) in [5, 5.41) is 8.40. The molecule has 0 aliphatic rings. The van der Waals surface area contributed by atoms with Gasteiger partial charge in [0.1, 0.15) is 0 Å². The molecule has 0 aromatic heterocycles. The van der Waals surface area contributed by atoms with Gasteiger partial charge in [0, 0.05) is 18.7 Å². The highest BCUT2D eigenvalue weighted by molar-refractivity contribution is 7.89. The summed E-state index contributed by atoms with van der Waals surface area (Å²) in [6, 6.07) is 5.78. The van der Waals surface area contributed by atoms with E-state index in [0.717, 1.165) is 0 Å². The van der Waals surface area contributed by atoms with E-state index in [1.54, 1.807) is 0 Å². The first-order chi connectivity index (χ1) is 7.92. The van der Waals surface area contributed by atoms with Crippen molar-refractivity contribution >= 4 is 21.7 Å². The van der Waals surface area contributed by atoms with Gasteiger partial charge in [-0.15, -0.1) is 0 Å². The molecule has 17 heavy (non-hydrogen) atoms. The molecule has 0 saturated heterocycles. The van der Waals surface area contributed by atoms with Crippen molar-refractivity contribution < 1.29 is 18.3 Å². The van der Waals surface area contributed by atoms with Crippen LogP contribution in [0.1, 0.15) is 12.8 Å². The zero-order valence-electron chi connectivity index (χ0n) is 9.09. The minimum atomic E-state index is -3.57. The van der Waals surface area contributed by atoms with Crippen molar-refractivity contribution in [2.24, 2.45) is 0 Å². The molecule has 4 N–H and O–H groups in total. The Labute approximate surface area is 99.5 Å². The molecule has 0 saturated carbocycles. The summed E-state index contributed by atoms with van der Waals surface area (Å²) in [6.45, 7) is 0.0962. The number of sulfonamides is 1. The van der Waals surface area contributed by atoms with Crippen LogP contribution in [0.2, 0.25) is 0 Å². The maximum absolute atomic E-state index is 11.7. The lowest BCUT2D eigenvalue weighted by Gasteiger charge is -2.06. The van der Waals surface area contributed by atoms with Crippen LogP contribution in [0.15, 0.2) is 29.2 Å². The summed E-state index contributed by atoms with van der Waals surface area (Å²) >= 11 is 0. The number of carbonyl (C=O) groups is 1. The molecule has 0 bridgehead atoms. The molecule has 7 heteroatoms. The lowest BCUT2D eigenvalue weighted by atomic mass is 10.3. The maximum atomic E-state index is 11.7. The van der Waals surface area contributed by atoms with Gasteiger partial charge in [0.15, 0.2) is 0 Å². The van der Waals surface area contributed by atoms with E-state index in [1.165, 1.54) is 24.3 Å². The number of benzene rings is 1. The number of hydrogen-bond acceptors (Lipinski definition) is 4. The Bertz CT molecular complexity index is 482. The van der Waals surface area contributed by atoms with Crippen LogP contribution >= 0.6 is 0 Å². The third-order valence-corrected chi connectivity index (χ3v) is 3.53. The molecule has 0 aliphatic carbocycles. The Morgan fingerprint density at radius 2 is 1.88 bits per heavy atom. The van der Waals surface area contributed by atoms with Crippen molar-refractivity contribution in [3.8, 4) is 0 Å². The number of nitrogens with one attached hydrogen (secondary N) is 1. The minimum Gasteiger partial charge on any atom is -0.481 e. The molecule has 1 aromatic rings. The van der Waals surface area contributed by atoms with E-state index in [0.29, 0.717) is 5.69 Å². The highest BCUT2D eigenvalue weighted by Gasteiger charge is 2.12. The van der Waals surface area contributed by atoms with E-state index in [2.05, 4.69) is 4.72 Å². The Morgan fingerprint density at radius 3 is 2.41 bits per heavy atom. The molecule has 0 heterocycles. The molecule has 0 spiro atoms. The number of carboxylic acids is 1. The van der Waals surface area contributed by atoms with Crippen molar-refractivity contribution in [1.29, 1.82) is 0 Å². The summed E-state index contributed by atoms with van der Waals surface area (Å²) in [4.78, 5) is 10.4. The van der Waals surface area contributed by atoms with Gasteiger partial charge >= 0.3 is 5.97 Å². The summed E-state index contributed by atoms with van der Waals surface area (Å²) in [7, 11) is -3.57. The maximum Gasteiger partial charge on any atom is 0.303 e. The number of hydrogen-bond donors (Lipinski definition) is 3. The predicted octanol–water partition coefficient (Wildman–Crippen LogP) is 0.412. The van der Waals surface area contributed by atoms with Gasteiger partial charge in [-0.05, 0) is 30.7 Å². The van der Waals surface area contributed by atoms with Gasteiger partial charge in [0.25, 0.3) is 0 Å². The highest BCUT2D eigenvalue weighted by atomic mass is 32.2. The second-order valence-electron chi connectivity index (χ2n) is 3.46. The van der Waals surface area contributed by atoms with E-state index in [4.69, 9.17) is 10.8 Å². The van der Waals surface area contributed by atoms with Gasteiger partial charge in [-0.25, -0.2) is 13.1 Å². The molecule has 0 radical (unpaired) electrons. The van der Waals surface area contributed by atoms with Gasteiger partial charge in [0.05, 0.1) is 4.90 Å². The zero-order chi connectivity index (χ0) is 12.9. The van der Waals surface area contributed by atoms with Crippen molar-refractivity contribution in [3.05, 3.63) is 24.3 Å². The van der Waals surface area contributed by atoms with Crippen molar-refractivity contribution in [2.75, 3.05) is 12.3 Å². The molecule has 0 amide bonds. The number of nitrogen functional groups attached to an aromatic ring is 1. The standard InChI is InChI=1S/C10H14N2O4S/c11-8-3-5-9(6-4-8)17(15,16)12-7-1-2-10(13)14/h3-6,12H,1-2,7,11H2,(H,13,14). The number of anilines is 1. The molecule has 0 atom stereocenters. The third kappa shape index (κ3) is 4.41. The SMILES string of the molecule is Nc1ccc(S(=O)(=O)NCCCC(=O)O)cc1. The van der Waals surface area contributed by atoms with Crippen LogP contribution < -0.4 is 10.5 Å².